The van der Waals surface area contributed by atoms with Gasteiger partial charge >= 0.3 is 0 Å². The number of anilines is 1. The lowest BCUT2D eigenvalue weighted by Crippen LogP contribution is -2.09. The van der Waals surface area contributed by atoms with Gasteiger partial charge in [0.25, 0.3) is 0 Å². The van der Waals surface area contributed by atoms with E-state index in [2.05, 4.69) is 39.7 Å². The molecule has 0 bridgehead atoms. The van der Waals surface area contributed by atoms with Crippen LogP contribution in [-0.2, 0) is 0 Å². The van der Waals surface area contributed by atoms with Crippen molar-refractivity contribution >= 4 is 17.3 Å². The van der Waals surface area contributed by atoms with Crippen LogP contribution < -0.4 is 5.32 Å². The number of aromatic amines is 1. The number of rotatable bonds is 4. The van der Waals surface area contributed by atoms with Gasteiger partial charge in [-0.3, -0.25) is 0 Å². The second-order valence-corrected chi connectivity index (χ2v) is 4.51. The van der Waals surface area contributed by atoms with E-state index in [0.29, 0.717) is 6.04 Å². The first-order chi connectivity index (χ1) is 7.29. The van der Waals surface area contributed by atoms with Gasteiger partial charge in [0, 0.05) is 16.8 Å². The lowest BCUT2D eigenvalue weighted by Gasteiger charge is -2.14. The maximum absolute atomic E-state index is 4.25. The van der Waals surface area contributed by atoms with Gasteiger partial charge in [0.2, 0.25) is 5.95 Å². The average Bonchev–Trinajstić information content (AvgIpc) is 2.85. The van der Waals surface area contributed by atoms with Gasteiger partial charge in [0.15, 0.2) is 0 Å². The Bertz CT molecular complexity index is 405. The summed E-state index contributed by atoms with van der Waals surface area (Å²) in [5, 5.41) is 5.50. The first-order valence-corrected chi connectivity index (χ1v) is 5.99. The van der Waals surface area contributed by atoms with Gasteiger partial charge in [-0.05, 0) is 24.8 Å². The van der Waals surface area contributed by atoms with E-state index in [9.17, 15) is 0 Å². The lowest BCUT2D eigenvalue weighted by atomic mass is 10.2. The molecule has 0 aliphatic rings. The van der Waals surface area contributed by atoms with Crippen molar-refractivity contribution in [3.05, 3.63) is 34.3 Å². The Labute approximate surface area is 93.6 Å². The van der Waals surface area contributed by atoms with E-state index in [4.69, 9.17) is 0 Å². The summed E-state index contributed by atoms with van der Waals surface area (Å²) >= 11 is 1.78. The number of nitrogens with one attached hydrogen (secondary N) is 2. The molecule has 2 N–H and O–H groups in total. The third kappa shape index (κ3) is 2.39. The second-order valence-electron chi connectivity index (χ2n) is 3.54. The Balaban J connectivity index is 2.09. The van der Waals surface area contributed by atoms with E-state index in [0.717, 1.165) is 18.1 Å². The molecule has 0 spiro atoms. The minimum Gasteiger partial charge on any atom is -0.348 e. The Morgan fingerprint density at radius 2 is 2.47 bits per heavy atom. The normalized spacial score (nSPS) is 12.7. The summed E-state index contributed by atoms with van der Waals surface area (Å²) < 4.78 is 0. The van der Waals surface area contributed by atoms with Gasteiger partial charge in [-0.25, -0.2) is 4.98 Å². The van der Waals surface area contributed by atoms with Crippen LogP contribution in [0.25, 0.3) is 0 Å². The number of hydrogen-bond acceptors (Lipinski definition) is 3. The van der Waals surface area contributed by atoms with Crippen molar-refractivity contribution in [2.75, 3.05) is 5.32 Å². The molecule has 4 heteroatoms. The zero-order valence-corrected chi connectivity index (χ0v) is 9.77. The minimum absolute atomic E-state index is 0.357. The highest BCUT2D eigenvalue weighted by molar-refractivity contribution is 7.10. The molecular formula is C11H15N3S. The van der Waals surface area contributed by atoms with Crippen LogP contribution >= 0.6 is 11.3 Å². The molecule has 1 unspecified atom stereocenters. The fourth-order valence-corrected chi connectivity index (χ4v) is 2.38. The number of imidazole rings is 1. The van der Waals surface area contributed by atoms with Gasteiger partial charge in [-0.1, -0.05) is 13.0 Å². The summed E-state index contributed by atoms with van der Waals surface area (Å²) in [6.45, 7) is 4.18. The molecular weight excluding hydrogens is 206 g/mol. The number of hydrogen-bond donors (Lipinski definition) is 2. The molecule has 0 saturated heterocycles. The molecule has 15 heavy (non-hydrogen) atoms. The summed E-state index contributed by atoms with van der Waals surface area (Å²) in [4.78, 5) is 8.79. The van der Waals surface area contributed by atoms with Crippen molar-refractivity contribution < 1.29 is 0 Å². The Morgan fingerprint density at radius 3 is 3.00 bits per heavy atom. The molecule has 0 saturated carbocycles. The van der Waals surface area contributed by atoms with Crippen molar-refractivity contribution in [2.45, 2.75) is 26.3 Å². The highest BCUT2D eigenvalue weighted by Gasteiger charge is 2.10. The average molecular weight is 221 g/mol. The molecule has 2 heterocycles. The number of H-pyrrole nitrogens is 1. The van der Waals surface area contributed by atoms with E-state index < -0.39 is 0 Å². The van der Waals surface area contributed by atoms with Crippen molar-refractivity contribution in [2.24, 2.45) is 0 Å². The molecule has 0 aromatic carbocycles. The van der Waals surface area contributed by atoms with Crippen molar-refractivity contribution in [3.8, 4) is 0 Å². The van der Waals surface area contributed by atoms with Crippen LogP contribution in [0.1, 0.15) is 30.0 Å². The van der Waals surface area contributed by atoms with Crippen LogP contribution in [0.3, 0.4) is 0 Å². The summed E-state index contributed by atoms with van der Waals surface area (Å²) in [6.07, 6.45) is 2.89. The molecule has 0 aliphatic heterocycles. The molecule has 0 aliphatic carbocycles. The highest BCUT2D eigenvalue weighted by Crippen LogP contribution is 2.24. The Hall–Kier alpha value is -1.29. The standard InChI is InChI=1S/C11H15N3S/c1-3-9(10-5-4-6-15-10)14-11-12-7-8(2)13-11/h4-7,9H,3H2,1-2H3,(H2,12,13,14). The van der Waals surface area contributed by atoms with E-state index in [1.165, 1.54) is 4.88 Å². The molecule has 0 radical (unpaired) electrons. The van der Waals surface area contributed by atoms with E-state index >= 15 is 0 Å². The fraction of sp³-hybridized carbons (Fsp3) is 0.364. The second kappa shape index (κ2) is 4.49. The summed E-state index contributed by atoms with van der Waals surface area (Å²) in [6, 6.07) is 4.59. The zero-order valence-electron chi connectivity index (χ0n) is 8.95. The number of aromatic nitrogens is 2. The fourth-order valence-electron chi connectivity index (χ4n) is 1.51. The molecule has 3 nitrogen and oxygen atoms in total. The van der Waals surface area contributed by atoms with Crippen LogP contribution in [0.4, 0.5) is 5.95 Å². The number of nitrogens with zero attached hydrogens (tertiary/aromatic N) is 1. The Kier molecular flexibility index (Phi) is 3.06. The molecule has 80 valence electrons. The largest absolute Gasteiger partial charge is 0.348 e. The Morgan fingerprint density at radius 1 is 1.60 bits per heavy atom. The highest BCUT2D eigenvalue weighted by atomic mass is 32.1. The van der Waals surface area contributed by atoms with Crippen LogP contribution in [0, 0.1) is 6.92 Å². The van der Waals surface area contributed by atoms with Gasteiger partial charge in [0.05, 0.1) is 6.04 Å². The summed E-state index contributed by atoms with van der Waals surface area (Å²) in [5.74, 6) is 0.854. The van der Waals surface area contributed by atoms with Crippen LogP contribution in [-0.4, -0.2) is 9.97 Å². The minimum atomic E-state index is 0.357. The van der Waals surface area contributed by atoms with Crippen LogP contribution in [0.5, 0.6) is 0 Å². The molecule has 2 rings (SSSR count). The monoisotopic (exact) mass is 221 g/mol. The predicted molar refractivity (Wildman–Crippen MR) is 64.3 cm³/mol. The van der Waals surface area contributed by atoms with Gasteiger partial charge in [-0.15, -0.1) is 11.3 Å². The molecule has 0 fully saturated rings. The number of thiophene rings is 1. The van der Waals surface area contributed by atoms with Crippen molar-refractivity contribution in [1.82, 2.24) is 9.97 Å². The third-order valence-electron chi connectivity index (χ3n) is 2.31. The molecule has 0 amide bonds. The molecule has 2 aromatic rings. The smallest absolute Gasteiger partial charge is 0.200 e. The lowest BCUT2D eigenvalue weighted by molar-refractivity contribution is 0.754. The van der Waals surface area contributed by atoms with Crippen molar-refractivity contribution in [3.63, 3.8) is 0 Å². The first kappa shape index (κ1) is 10.2. The van der Waals surface area contributed by atoms with Gasteiger partial charge < -0.3 is 10.3 Å². The molecule has 1 atom stereocenters. The summed E-state index contributed by atoms with van der Waals surface area (Å²) in [5.41, 5.74) is 1.08. The van der Waals surface area contributed by atoms with Crippen LogP contribution in [0.2, 0.25) is 0 Å². The quantitative estimate of drug-likeness (QED) is 0.831. The van der Waals surface area contributed by atoms with Gasteiger partial charge in [-0.2, -0.15) is 0 Å². The van der Waals surface area contributed by atoms with E-state index in [1.807, 2.05) is 13.1 Å². The number of aryl methyl sites for hydroxylation is 1. The zero-order chi connectivity index (χ0) is 10.7. The third-order valence-corrected chi connectivity index (χ3v) is 3.29. The summed E-state index contributed by atoms with van der Waals surface area (Å²) in [7, 11) is 0. The molecule has 2 aromatic heterocycles. The van der Waals surface area contributed by atoms with Crippen LogP contribution in [0.15, 0.2) is 23.7 Å². The maximum atomic E-state index is 4.25. The van der Waals surface area contributed by atoms with Crippen molar-refractivity contribution in [1.29, 1.82) is 0 Å². The topological polar surface area (TPSA) is 40.7 Å². The van der Waals surface area contributed by atoms with E-state index in [-0.39, 0.29) is 0 Å². The first-order valence-electron chi connectivity index (χ1n) is 5.11. The predicted octanol–water partition coefficient (Wildman–Crippen LogP) is 3.34. The SMILES string of the molecule is CCC(Nc1ncc(C)[nH]1)c1cccs1. The van der Waals surface area contributed by atoms with E-state index in [1.54, 1.807) is 11.3 Å². The maximum Gasteiger partial charge on any atom is 0.200 e. The van der Waals surface area contributed by atoms with Gasteiger partial charge in [0.1, 0.15) is 0 Å².